The molecule has 0 saturated carbocycles. The van der Waals surface area contributed by atoms with Gasteiger partial charge < -0.3 is 0 Å². The molecule has 0 saturated heterocycles. The highest BCUT2D eigenvalue weighted by atomic mass is 79.9. The summed E-state index contributed by atoms with van der Waals surface area (Å²) in [7, 11) is 0. The highest BCUT2D eigenvalue weighted by Gasteiger charge is 2.20. The van der Waals surface area contributed by atoms with E-state index in [9.17, 15) is 0 Å². The third-order valence-electron chi connectivity index (χ3n) is 3.43. The molecule has 0 aliphatic heterocycles. The second-order valence-corrected chi connectivity index (χ2v) is 9.96. The molecule has 23 heavy (non-hydrogen) atoms. The van der Waals surface area contributed by atoms with Crippen molar-refractivity contribution in [2.75, 3.05) is 0 Å². The third-order valence-corrected chi connectivity index (χ3v) is 7.91. The Morgan fingerprint density at radius 3 is 1.87 bits per heavy atom. The van der Waals surface area contributed by atoms with Gasteiger partial charge in [0.1, 0.15) is 6.19 Å². The van der Waals surface area contributed by atoms with E-state index in [4.69, 9.17) is 16.6 Å². The van der Waals surface area contributed by atoms with Gasteiger partial charge in [-0.2, -0.15) is 0 Å². The van der Waals surface area contributed by atoms with Gasteiger partial charge in [0.2, 0.25) is 0 Å². The molecule has 0 atom stereocenters. The van der Waals surface area contributed by atoms with E-state index in [0.717, 1.165) is 20.6 Å². The van der Waals surface area contributed by atoms with Crippen molar-refractivity contribution in [1.29, 1.82) is 0 Å². The highest BCUT2D eigenvalue weighted by Crippen LogP contribution is 2.45. The summed E-state index contributed by atoms with van der Waals surface area (Å²) in [5.74, 6) is 0. The van der Waals surface area contributed by atoms with Crippen LogP contribution >= 0.6 is 22.1 Å². The molecule has 0 aliphatic carbocycles. The summed E-state index contributed by atoms with van der Waals surface area (Å²) >= 11 is 9.56. The van der Waals surface area contributed by atoms with Crippen LogP contribution in [0.1, 0.15) is 5.56 Å². The maximum absolute atomic E-state index is 6.07. The predicted octanol–water partition coefficient (Wildman–Crippen LogP) is 4.91. The van der Waals surface area contributed by atoms with Crippen LogP contribution in [0.4, 0.5) is 0 Å². The minimum Gasteiger partial charge on any atom is -0.251 e. The fraction of sp³-hybridized carbons (Fsp3) is 0. The standard InChI is InChI=1S/C19H15BrNPS/c20-17-9-7-8-16(14-17)15-21-22(23,18-10-3-1-4-11-18)19-12-5-2-6-13-19/h1-15H/b21-15+. The van der Waals surface area contributed by atoms with Crippen LogP contribution in [0.5, 0.6) is 0 Å². The van der Waals surface area contributed by atoms with Crippen molar-refractivity contribution in [2.24, 2.45) is 4.76 Å². The third kappa shape index (κ3) is 3.87. The molecule has 3 aromatic rings. The normalized spacial score (nSPS) is 11.7. The fourth-order valence-electron chi connectivity index (χ4n) is 2.28. The molecule has 1 nitrogen and oxygen atoms in total. The maximum Gasteiger partial charge on any atom is 0.112 e. The summed E-state index contributed by atoms with van der Waals surface area (Å²) in [4.78, 5) is 0. The zero-order chi connectivity index (χ0) is 16.1. The van der Waals surface area contributed by atoms with Crippen molar-refractivity contribution in [3.05, 3.63) is 95.0 Å². The van der Waals surface area contributed by atoms with E-state index >= 15 is 0 Å². The Kier molecular flexibility index (Phi) is 5.22. The summed E-state index contributed by atoms with van der Waals surface area (Å²) in [5.41, 5.74) is 1.04. The molecule has 0 radical (unpaired) electrons. The van der Waals surface area contributed by atoms with Gasteiger partial charge in [0.25, 0.3) is 0 Å². The second-order valence-electron chi connectivity index (χ2n) is 5.05. The summed E-state index contributed by atoms with van der Waals surface area (Å²) in [6.07, 6.45) is -0.323. The molecule has 3 rings (SSSR count). The van der Waals surface area contributed by atoms with Gasteiger partial charge in [-0.15, -0.1) is 0 Å². The van der Waals surface area contributed by atoms with Crippen molar-refractivity contribution in [3.63, 3.8) is 0 Å². The largest absolute Gasteiger partial charge is 0.251 e. The molecule has 3 aromatic carbocycles. The van der Waals surface area contributed by atoms with Gasteiger partial charge in [-0.3, -0.25) is 4.76 Å². The number of rotatable bonds is 4. The van der Waals surface area contributed by atoms with Gasteiger partial charge in [-0.05, 0) is 17.7 Å². The van der Waals surface area contributed by atoms with Crippen LogP contribution in [0.2, 0.25) is 0 Å². The number of benzene rings is 3. The van der Waals surface area contributed by atoms with Gasteiger partial charge in [-0.25, -0.2) is 0 Å². The van der Waals surface area contributed by atoms with E-state index in [1.54, 1.807) is 0 Å². The Bertz CT molecular complexity index is 819. The molecule has 0 aromatic heterocycles. The van der Waals surface area contributed by atoms with E-state index in [-0.39, 0.29) is 0 Å². The molecule has 0 heterocycles. The van der Waals surface area contributed by atoms with Crippen molar-refractivity contribution >= 4 is 50.7 Å². The number of halogens is 1. The Morgan fingerprint density at radius 2 is 1.35 bits per heavy atom. The van der Waals surface area contributed by atoms with Gasteiger partial charge >= 0.3 is 0 Å². The first-order valence-corrected chi connectivity index (χ1v) is 10.8. The lowest BCUT2D eigenvalue weighted by Gasteiger charge is -2.18. The van der Waals surface area contributed by atoms with Crippen LogP contribution in [0.3, 0.4) is 0 Å². The summed E-state index contributed by atoms with van der Waals surface area (Å²) < 4.78 is 5.92. The molecule has 114 valence electrons. The van der Waals surface area contributed by atoms with E-state index in [1.165, 1.54) is 0 Å². The summed E-state index contributed by atoms with van der Waals surface area (Å²) in [5, 5.41) is 2.21. The minimum absolute atomic E-state index is 1.04. The zero-order valence-corrected chi connectivity index (χ0v) is 15.6. The van der Waals surface area contributed by atoms with Gasteiger partial charge in [-0.1, -0.05) is 101 Å². The molecule has 0 bridgehead atoms. The van der Waals surface area contributed by atoms with E-state index in [0.29, 0.717) is 0 Å². The molecule has 0 fully saturated rings. The molecular formula is C19H15BrNPS. The first-order valence-electron chi connectivity index (χ1n) is 7.21. The fourth-order valence-corrected chi connectivity index (χ4v) is 5.58. The van der Waals surface area contributed by atoms with Crippen LogP contribution in [0.25, 0.3) is 0 Å². The summed E-state index contributed by atoms with van der Waals surface area (Å²) in [6, 6.07) is 28.5. The molecule has 0 aliphatic rings. The van der Waals surface area contributed by atoms with Crippen LogP contribution in [0, 0.1) is 0 Å². The van der Waals surface area contributed by atoms with Crippen molar-refractivity contribution in [3.8, 4) is 0 Å². The lowest BCUT2D eigenvalue weighted by molar-refractivity contribution is 1.62. The summed E-state index contributed by atoms with van der Waals surface area (Å²) in [6.45, 7) is 0. The van der Waals surface area contributed by atoms with E-state index in [1.807, 2.05) is 66.9 Å². The first-order chi connectivity index (χ1) is 11.2. The molecule has 0 unspecified atom stereocenters. The van der Waals surface area contributed by atoms with Crippen molar-refractivity contribution in [1.82, 2.24) is 0 Å². The van der Waals surface area contributed by atoms with Crippen molar-refractivity contribution < 1.29 is 0 Å². The van der Waals surface area contributed by atoms with Crippen LogP contribution < -0.4 is 10.6 Å². The second kappa shape index (κ2) is 7.35. The van der Waals surface area contributed by atoms with Gasteiger partial charge in [0.15, 0.2) is 0 Å². The van der Waals surface area contributed by atoms with Crippen LogP contribution in [0.15, 0.2) is 94.2 Å². The first kappa shape index (κ1) is 16.3. The average Bonchev–Trinajstić information content (AvgIpc) is 2.61. The maximum atomic E-state index is 6.07. The molecule has 0 spiro atoms. The minimum atomic E-state index is -2.22. The Balaban J connectivity index is 2.08. The SMILES string of the molecule is S=P(/N=C/c1cccc(Br)c1)(c1ccccc1)c1ccccc1. The van der Waals surface area contributed by atoms with Gasteiger partial charge in [0.05, 0.1) is 0 Å². The quantitative estimate of drug-likeness (QED) is 0.448. The monoisotopic (exact) mass is 399 g/mol. The van der Waals surface area contributed by atoms with E-state index in [2.05, 4.69) is 40.2 Å². The topological polar surface area (TPSA) is 12.4 Å². The molecule has 0 amide bonds. The molecule has 4 heteroatoms. The van der Waals surface area contributed by atoms with E-state index < -0.39 is 6.19 Å². The Labute approximate surface area is 150 Å². The lowest BCUT2D eigenvalue weighted by Crippen LogP contribution is -2.14. The Hall–Kier alpha value is -1.54. The Morgan fingerprint density at radius 1 is 0.783 bits per heavy atom. The number of hydrogen-bond acceptors (Lipinski definition) is 1. The van der Waals surface area contributed by atoms with Gasteiger partial charge in [0, 0.05) is 21.3 Å². The molecular weight excluding hydrogens is 385 g/mol. The highest BCUT2D eigenvalue weighted by molar-refractivity contribution is 9.10. The van der Waals surface area contributed by atoms with Crippen molar-refractivity contribution in [2.45, 2.75) is 0 Å². The number of hydrogen-bond donors (Lipinski definition) is 0. The van der Waals surface area contributed by atoms with Crippen LogP contribution in [-0.4, -0.2) is 6.21 Å². The molecule has 0 N–H and O–H groups in total. The predicted molar refractivity (Wildman–Crippen MR) is 108 cm³/mol. The van der Waals surface area contributed by atoms with Crippen LogP contribution in [-0.2, 0) is 11.8 Å². The average molecular weight is 400 g/mol. The smallest absolute Gasteiger partial charge is 0.112 e. The lowest BCUT2D eigenvalue weighted by atomic mass is 10.2. The zero-order valence-electron chi connectivity index (χ0n) is 12.3. The number of nitrogens with zero attached hydrogens (tertiary/aromatic N) is 1.